The van der Waals surface area contributed by atoms with Crippen LogP contribution in [0.5, 0.6) is 0 Å². The highest BCUT2D eigenvalue weighted by Crippen LogP contribution is 2.42. The highest BCUT2D eigenvalue weighted by molar-refractivity contribution is 9.10. The molecule has 1 nitrogen and oxygen atoms in total. The summed E-state index contributed by atoms with van der Waals surface area (Å²) in [5, 5.41) is 0. The molecule has 4 heteroatoms. The molecule has 0 spiro atoms. The fraction of sp³-hybridized carbons (Fsp3) is 0.625. The van der Waals surface area contributed by atoms with Gasteiger partial charge in [0, 0.05) is 11.6 Å². The maximum Gasteiger partial charge on any atom is 0.143 e. The first kappa shape index (κ1) is 15.9. The van der Waals surface area contributed by atoms with Gasteiger partial charge in [-0.3, -0.25) is 0 Å². The Morgan fingerprint density at radius 2 is 2.05 bits per heavy atom. The summed E-state index contributed by atoms with van der Waals surface area (Å²) in [7, 11) is 0. The molecule has 0 saturated heterocycles. The molecule has 0 radical (unpaired) electrons. The molecule has 1 fully saturated rings. The molecule has 2 unspecified atom stereocenters. The van der Waals surface area contributed by atoms with E-state index in [2.05, 4.69) is 29.8 Å². The van der Waals surface area contributed by atoms with E-state index in [1.165, 1.54) is 18.6 Å². The Morgan fingerprint density at radius 1 is 1.35 bits per heavy atom. The minimum atomic E-state index is -0.519. The average molecular weight is 346 g/mol. The van der Waals surface area contributed by atoms with Gasteiger partial charge >= 0.3 is 0 Å². The van der Waals surface area contributed by atoms with Crippen LogP contribution in [-0.4, -0.2) is 6.04 Å². The highest BCUT2D eigenvalue weighted by Gasteiger charge is 2.36. The zero-order valence-electron chi connectivity index (χ0n) is 12.1. The molecule has 1 aromatic rings. The molecule has 1 aliphatic rings. The van der Waals surface area contributed by atoms with Crippen molar-refractivity contribution >= 4 is 15.9 Å². The number of hydrogen-bond acceptors (Lipinski definition) is 1. The lowest BCUT2D eigenvalue weighted by Gasteiger charge is -2.42. The lowest BCUT2D eigenvalue weighted by Crippen LogP contribution is -2.43. The Morgan fingerprint density at radius 3 is 2.70 bits per heavy atom. The smallest absolute Gasteiger partial charge is 0.143 e. The van der Waals surface area contributed by atoms with Crippen LogP contribution in [0, 0.1) is 23.0 Å². The van der Waals surface area contributed by atoms with Gasteiger partial charge < -0.3 is 5.73 Å². The lowest BCUT2D eigenvalue weighted by atomic mass is 9.65. The van der Waals surface area contributed by atoms with Gasteiger partial charge in [0.05, 0.1) is 4.47 Å². The summed E-state index contributed by atoms with van der Waals surface area (Å²) in [4.78, 5) is 0. The lowest BCUT2D eigenvalue weighted by molar-refractivity contribution is 0.112. The molecule has 1 saturated carbocycles. The second-order valence-corrected chi connectivity index (χ2v) is 7.38. The van der Waals surface area contributed by atoms with E-state index in [-0.39, 0.29) is 23.4 Å². The van der Waals surface area contributed by atoms with Gasteiger partial charge in [-0.1, -0.05) is 26.7 Å². The van der Waals surface area contributed by atoms with Crippen LogP contribution in [0.2, 0.25) is 0 Å². The fourth-order valence-electron chi connectivity index (χ4n) is 3.45. The molecule has 1 aromatic carbocycles. The minimum absolute atomic E-state index is 0.105. The largest absolute Gasteiger partial charge is 0.327 e. The minimum Gasteiger partial charge on any atom is -0.327 e. The van der Waals surface area contributed by atoms with Crippen LogP contribution in [0.15, 0.2) is 16.6 Å². The van der Waals surface area contributed by atoms with E-state index in [0.717, 1.165) is 19.3 Å². The molecule has 20 heavy (non-hydrogen) atoms. The van der Waals surface area contributed by atoms with Crippen molar-refractivity contribution < 1.29 is 8.78 Å². The SMILES string of the molecule is CC1(C)CCCCC1C(N)Cc1c(F)ccc(Br)c1F. The number of rotatable bonds is 3. The van der Waals surface area contributed by atoms with Crippen LogP contribution in [0.1, 0.15) is 45.1 Å². The zero-order valence-corrected chi connectivity index (χ0v) is 13.6. The molecule has 0 heterocycles. The van der Waals surface area contributed by atoms with Crippen molar-refractivity contribution in [2.24, 2.45) is 17.1 Å². The normalized spacial score (nSPS) is 23.6. The predicted molar refractivity (Wildman–Crippen MR) is 81.5 cm³/mol. The molecule has 0 amide bonds. The molecule has 0 bridgehead atoms. The van der Waals surface area contributed by atoms with Gasteiger partial charge in [-0.25, -0.2) is 8.78 Å². The Kier molecular flexibility index (Phi) is 4.85. The van der Waals surface area contributed by atoms with Crippen molar-refractivity contribution in [1.29, 1.82) is 0 Å². The van der Waals surface area contributed by atoms with Crippen LogP contribution in [0.25, 0.3) is 0 Å². The van der Waals surface area contributed by atoms with E-state index in [4.69, 9.17) is 5.73 Å². The molecule has 2 atom stereocenters. The summed E-state index contributed by atoms with van der Waals surface area (Å²) in [6, 6.07) is 2.48. The van der Waals surface area contributed by atoms with Crippen LogP contribution in [0.4, 0.5) is 8.78 Å². The molecule has 0 aromatic heterocycles. The summed E-state index contributed by atoms with van der Waals surface area (Å²) in [5.74, 6) is -0.710. The second kappa shape index (κ2) is 6.10. The Hall–Kier alpha value is -0.480. The van der Waals surface area contributed by atoms with E-state index in [9.17, 15) is 8.78 Å². The molecular weight excluding hydrogens is 324 g/mol. The summed E-state index contributed by atoms with van der Waals surface area (Å²) >= 11 is 3.11. The Labute approximate surface area is 128 Å². The first-order chi connectivity index (χ1) is 9.33. The van der Waals surface area contributed by atoms with E-state index >= 15 is 0 Å². The van der Waals surface area contributed by atoms with E-state index in [1.807, 2.05) is 0 Å². The van der Waals surface area contributed by atoms with Gasteiger partial charge in [-0.15, -0.1) is 0 Å². The molecule has 2 rings (SSSR count). The summed E-state index contributed by atoms with van der Waals surface area (Å²) in [5.41, 5.74) is 6.55. The number of hydrogen-bond donors (Lipinski definition) is 1. The number of halogens is 3. The number of benzene rings is 1. The van der Waals surface area contributed by atoms with E-state index < -0.39 is 11.6 Å². The first-order valence-electron chi connectivity index (χ1n) is 7.21. The van der Waals surface area contributed by atoms with E-state index in [0.29, 0.717) is 10.4 Å². The van der Waals surface area contributed by atoms with Crippen molar-refractivity contribution in [3.8, 4) is 0 Å². The van der Waals surface area contributed by atoms with Crippen LogP contribution < -0.4 is 5.73 Å². The average Bonchev–Trinajstić information content (AvgIpc) is 2.38. The van der Waals surface area contributed by atoms with Crippen LogP contribution >= 0.6 is 15.9 Å². The zero-order chi connectivity index (χ0) is 14.9. The molecule has 1 aliphatic carbocycles. The topological polar surface area (TPSA) is 26.0 Å². The van der Waals surface area contributed by atoms with E-state index in [1.54, 1.807) is 0 Å². The molecule has 112 valence electrons. The van der Waals surface area contributed by atoms with Crippen LogP contribution in [0.3, 0.4) is 0 Å². The fourth-order valence-corrected chi connectivity index (χ4v) is 3.82. The third kappa shape index (κ3) is 3.22. The van der Waals surface area contributed by atoms with Gasteiger partial charge in [0.25, 0.3) is 0 Å². The van der Waals surface area contributed by atoms with Crippen molar-refractivity contribution in [2.45, 2.75) is 52.0 Å². The number of nitrogens with two attached hydrogens (primary N) is 1. The van der Waals surface area contributed by atoms with Crippen LogP contribution in [-0.2, 0) is 6.42 Å². The maximum absolute atomic E-state index is 14.0. The van der Waals surface area contributed by atoms with Gasteiger partial charge in [0.15, 0.2) is 0 Å². The van der Waals surface area contributed by atoms with Gasteiger partial charge in [-0.05, 0) is 58.7 Å². The van der Waals surface area contributed by atoms with Crippen molar-refractivity contribution in [3.63, 3.8) is 0 Å². The summed E-state index contributed by atoms with van der Waals surface area (Å²) in [6.07, 6.45) is 4.81. The standard InChI is InChI=1S/C16H22BrF2N/c1-16(2)8-4-3-5-11(16)14(20)9-10-13(18)7-6-12(17)15(10)19/h6-7,11,14H,3-5,8-9,20H2,1-2H3. The first-order valence-corrected chi connectivity index (χ1v) is 8.00. The third-order valence-corrected chi connectivity index (χ3v) is 5.30. The summed E-state index contributed by atoms with van der Waals surface area (Å²) in [6.45, 7) is 4.43. The monoisotopic (exact) mass is 345 g/mol. The predicted octanol–water partition coefficient (Wildman–Crippen LogP) is 4.81. The Bertz CT molecular complexity index is 488. The highest BCUT2D eigenvalue weighted by atomic mass is 79.9. The van der Waals surface area contributed by atoms with Crippen molar-refractivity contribution in [2.75, 3.05) is 0 Å². The third-order valence-electron chi connectivity index (χ3n) is 4.69. The van der Waals surface area contributed by atoms with Crippen molar-refractivity contribution in [1.82, 2.24) is 0 Å². The van der Waals surface area contributed by atoms with Gasteiger partial charge in [0.2, 0.25) is 0 Å². The van der Waals surface area contributed by atoms with Gasteiger partial charge in [0.1, 0.15) is 11.6 Å². The molecule has 2 N–H and O–H groups in total. The Balaban J connectivity index is 2.19. The maximum atomic E-state index is 14.0. The van der Waals surface area contributed by atoms with Gasteiger partial charge in [-0.2, -0.15) is 0 Å². The second-order valence-electron chi connectivity index (χ2n) is 6.53. The summed E-state index contributed by atoms with van der Waals surface area (Å²) < 4.78 is 28.2. The van der Waals surface area contributed by atoms with Crippen molar-refractivity contribution in [3.05, 3.63) is 33.8 Å². The molecule has 0 aliphatic heterocycles. The quantitative estimate of drug-likeness (QED) is 0.781. The molecular formula is C16H22BrF2N.